The summed E-state index contributed by atoms with van der Waals surface area (Å²) < 4.78 is 6.94. The van der Waals surface area contributed by atoms with Crippen molar-refractivity contribution in [1.29, 1.82) is 0 Å². The Balaban J connectivity index is 1.67. The van der Waals surface area contributed by atoms with Gasteiger partial charge in [0.1, 0.15) is 6.54 Å². The predicted molar refractivity (Wildman–Crippen MR) is 80.0 cm³/mol. The summed E-state index contributed by atoms with van der Waals surface area (Å²) >= 11 is 3.46. The topological polar surface area (TPSA) is 69.6 Å². The Labute approximate surface area is 130 Å². The molecule has 3 aromatic rings. The second-order valence-electron chi connectivity index (χ2n) is 4.72. The normalized spacial score (nSPS) is 12.5. The van der Waals surface area contributed by atoms with Crippen LogP contribution >= 0.6 is 15.9 Å². The third-order valence-corrected chi connectivity index (χ3v) is 3.45. The Hall–Kier alpha value is -2.02. The van der Waals surface area contributed by atoms with Gasteiger partial charge in [-0.15, -0.1) is 5.10 Å². The third kappa shape index (κ3) is 3.55. The Morgan fingerprint density at radius 3 is 2.81 bits per heavy atom. The molecular weight excluding hydrogens is 334 g/mol. The number of hydrogen-bond acceptors (Lipinski definition) is 5. The summed E-state index contributed by atoms with van der Waals surface area (Å²) in [5.74, 6) is 1.20. The van der Waals surface area contributed by atoms with Gasteiger partial charge in [0.05, 0.1) is 16.7 Å². The molecule has 1 unspecified atom stereocenters. The van der Waals surface area contributed by atoms with Gasteiger partial charge in [-0.3, -0.25) is 0 Å². The maximum absolute atomic E-state index is 5.25. The smallest absolute Gasteiger partial charge is 0.248 e. The minimum absolute atomic E-state index is 0.169. The van der Waals surface area contributed by atoms with Crippen LogP contribution in [-0.2, 0) is 13.0 Å². The summed E-state index contributed by atoms with van der Waals surface area (Å²) in [6, 6.07) is 10.1. The molecule has 0 amide bonds. The van der Waals surface area contributed by atoms with E-state index in [-0.39, 0.29) is 4.83 Å². The SMILES string of the molecule is CC(Br)c1cn(Cc2nc(Cc3ccccc3)no2)nn1. The van der Waals surface area contributed by atoms with Crippen molar-refractivity contribution in [2.45, 2.75) is 24.7 Å². The Bertz CT molecular complexity index is 707. The van der Waals surface area contributed by atoms with E-state index in [9.17, 15) is 0 Å². The first-order valence-corrected chi connectivity index (χ1v) is 7.52. The average Bonchev–Trinajstić information content (AvgIpc) is 3.10. The van der Waals surface area contributed by atoms with Crippen LogP contribution in [0.25, 0.3) is 0 Å². The first-order valence-electron chi connectivity index (χ1n) is 6.60. The second kappa shape index (κ2) is 6.17. The molecule has 0 aliphatic carbocycles. The van der Waals surface area contributed by atoms with Gasteiger partial charge in [0.15, 0.2) is 5.82 Å². The van der Waals surface area contributed by atoms with Crippen LogP contribution in [0.4, 0.5) is 0 Å². The number of benzene rings is 1. The Kier molecular flexibility index (Phi) is 4.10. The summed E-state index contributed by atoms with van der Waals surface area (Å²) in [5.41, 5.74) is 2.03. The van der Waals surface area contributed by atoms with E-state index >= 15 is 0 Å². The summed E-state index contributed by atoms with van der Waals surface area (Å²) in [6.45, 7) is 2.42. The molecule has 0 fully saturated rings. The highest BCUT2D eigenvalue weighted by Crippen LogP contribution is 2.18. The van der Waals surface area contributed by atoms with E-state index in [2.05, 4.69) is 36.4 Å². The van der Waals surface area contributed by atoms with Crippen LogP contribution < -0.4 is 0 Å². The summed E-state index contributed by atoms with van der Waals surface area (Å²) in [7, 11) is 0. The molecule has 0 saturated carbocycles. The minimum atomic E-state index is 0.169. The van der Waals surface area contributed by atoms with Crippen molar-refractivity contribution in [3.05, 3.63) is 59.5 Å². The van der Waals surface area contributed by atoms with Crippen molar-refractivity contribution in [2.24, 2.45) is 0 Å². The molecule has 2 heterocycles. The monoisotopic (exact) mass is 347 g/mol. The van der Waals surface area contributed by atoms with Crippen LogP contribution in [0.1, 0.15) is 34.7 Å². The van der Waals surface area contributed by atoms with Gasteiger partial charge in [-0.1, -0.05) is 56.6 Å². The van der Waals surface area contributed by atoms with Gasteiger partial charge in [-0.05, 0) is 12.5 Å². The molecule has 0 radical (unpaired) electrons. The van der Waals surface area contributed by atoms with Crippen LogP contribution in [0.2, 0.25) is 0 Å². The fourth-order valence-corrected chi connectivity index (χ4v) is 2.13. The van der Waals surface area contributed by atoms with Crippen LogP contribution in [0.15, 0.2) is 41.1 Å². The zero-order valence-electron chi connectivity index (χ0n) is 11.5. The number of rotatable bonds is 5. The molecule has 1 atom stereocenters. The summed E-state index contributed by atoms with van der Waals surface area (Å²) in [4.78, 5) is 4.55. The highest BCUT2D eigenvalue weighted by atomic mass is 79.9. The Morgan fingerprint density at radius 2 is 2.10 bits per heavy atom. The highest BCUT2D eigenvalue weighted by molar-refractivity contribution is 9.09. The first-order chi connectivity index (χ1) is 10.2. The van der Waals surface area contributed by atoms with Crippen LogP contribution in [0.5, 0.6) is 0 Å². The summed E-state index contributed by atoms with van der Waals surface area (Å²) in [6.07, 6.45) is 2.52. The van der Waals surface area contributed by atoms with E-state index in [0.717, 1.165) is 11.3 Å². The van der Waals surface area contributed by atoms with Crippen molar-refractivity contribution >= 4 is 15.9 Å². The van der Waals surface area contributed by atoms with Gasteiger partial charge in [0, 0.05) is 6.42 Å². The van der Waals surface area contributed by atoms with Crippen molar-refractivity contribution in [2.75, 3.05) is 0 Å². The van der Waals surface area contributed by atoms with Gasteiger partial charge in [-0.2, -0.15) is 4.98 Å². The van der Waals surface area contributed by atoms with E-state index in [1.807, 2.05) is 43.5 Å². The molecule has 0 N–H and O–H groups in total. The van der Waals surface area contributed by atoms with Gasteiger partial charge in [0.2, 0.25) is 5.89 Å². The van der Waals surface area contributed by atoms with Crippen molar-refractivity contribution < 1.29 is 4.52 Å². The molecular formula is C14H14BrN5O. The van der Waals surface area contributed by atoms with Crippen LogP contribution in [-0.4, -0.2) is 25.1 Å². The lowest BCUT2D eigenvalue weighted by molar-refractivity contribution is 0.360. The van der Waals surface area contributed by atoms with Crippen molar-refractivity contribution in [3.8, 4) is 0 Å². The van der Waals surface area contributed by atoms with E-state index in [0.29, 0.717) is 24.7 Å². The fraction of sp³-hybridized carbons (Fsp3) is 0.286. The number of alkyl halides is 1. The zero-order valence-corrected chi connectivity index (χ0v) is 13.1. The molecule has 21 heavy (non-hydrogen) atoms. The minimum Gasteiger partial charge on any atom is -0.337 e. The van der Waals surface area contributed by atoms with E-state index in [1.54, 1.807) is 4.68 Å². The molecule has 1 aromatic carbocycles. The molecule has 108 valence electrons. The quantitative estimate of drug-likeness (QED) is 0.663. The van der Waals surface area contributed by atoms with Gasteiger partial charge in [0.25, 0.3) is 0 Å². The van der Waals surface area contributed by atoms with Gasteiger partial charge >= 0.3 is 0 Å². The zero-order chi connectivity index (χ0) is 14.7. The largest absolute Gasteiger partial charge is 0.337 e. The first kappa shape index (κ1) is 13.9. The lowest BCUT2D eigenvalue weighted by Crippen LogP contribution is -2.01. The van der Waals surface area contributed by atoms with E-state index in [4.69, 9.17) is 4.52 Å². The number of hydrogen-bond donors (Lipinski definition) is 0. The molecule has 0 aliphatic rings. The molecule has 0 saturated heterocycles. The maximum atomic E-state index is 5.25. The van der Waals surface area contributed by atoms with Gasteiger partial charge < -0.3 is 4.52 Å². The molecule has 0 bridgehead atoms. The predicted octanol–water partition coefficient (Wildman–Crippen LogP) is 2.76. The van der Waals surface area contributed by atoms with E-state index in [1.165, 1.54) is 0 Å². The lowest BCUT2D eigenvalue weighted by Gasteiger charge is -1.95. The van der Waals surface area contributed by atoms with Crippen LogP contribution in [0.3, 0.4) is 0 Å². The third-order valence-electron chi connectivity index (χ3n) is 2.98. The van der Waals surface area contributed by atoms with Crippen molar-refractivity contribution in [3.63, 3.8) is 0 Å². The molecule has 2 aromatic heterocycles. The van der Waals surface area contributed by atoms with Gasteiger partial charge in [-0.25, -0.2) is 4.68 Å². The fourth-order valence-electron chi connectivity index (χ4n) is 1.92. The lowest BCUT2D eigenvalue weighted by atomic mass is 10.1. The highest BCUT2D eigenvalue weighted by Gasteiger charge is 2.11. The average molecular weight is 348 g/mol. The number of halogens is 1. The molecule has 6 nitrogen and oxygen atoms in total. The molecule has 7 heteroatoms. The van der Waals surface area contributed by atoms with E-state index < -0.39 is 0 Å². The second-order valence-corrected chi connectivity index (χ2v) is 6.10. The van der Waals surface area contributed by atoms with Crippen LogP contribution in [0, 0.1) is 0 Å². The molecule has 3 rings (SSSR count). The number of nitrogens with zero attached hydrogens (tertiary/aromatic N) is 5. The number of aromatic nitrogens is 5. The maximum Gasteiger partial charge on any atom is 0.248 e. The molecule has 0 aliphatic heterocycles. The molecule has 0 spiro atoms. The standard InChI is InChI=1S/C14H14BrN5O/c1-10(15)12-8-20(19-17-12)9-14-16-13(18-21-14)7-11-5-3-2-4-6-11/h2-6,8,10H,7,9H2,1H3. The van der Waals surface area contributed by atoms with Crippen molar-refractivity contribution in [1.82, 2.24) is 25.1 Å². The summed E-state index contributed by atoms with van der Waals surface area (Å²) in [5, 5.41) is 12.1. The Morgan fingerprint density at radius 1 is 1.29 bits per heavy atom.